The van der Waals surface area contributed by atoms with Crippen LogP contribution in [-0.2, 0) is 0 Å². The molecule has 6 heteroatoms. The predicted molar refractivity (Wildman–Crippen MR) is 81.1 cm³/mol. The van der Waals surface area contributed by atoms with Gasteiger partial charge in [-0.25, -0.2) is 0 Å². The van der Waals surface area contributed by atoms with E-state index in [4.69, 9.17) is 5.73 Å². The lowest BCUT2D eigenvalue weighted by Crippen LogP contribution is -2.11. The largest absolute Gasteiger partial charge is 0.506 e. The first-order valence-corrected chi connectivity index (χ1v) is 7.03. The van der Waals surface area contributed by atoms with Crippen LogP contribution in [0.2, 0.25) is 0 Å². The summed E-state index contributed by atoms with van der Waals surface area (Å²) in [5, 5.41) is 12.0. The number of rotatable bonds is 2. The molecule has 1 aromatic heterocycles. The Morgan fingerprint density at radius 1 is 1.18 bits per heavy atom. The van der Waals surface area contributed by atoms with Crippen molar-refractivity contribution in [3.8, 4) is 5.75 Å². The Bertz CT molecular complexity index is 504. The van der Waals surface area contributed by atoms with E-state index < -0.39 is 0 Å². The van der Waals surface area contributed by atoms with Crippen molar-refractivity contribution in [1.82, 2.24) is 0 Å². The van der Waals surface area contributed by atoms with E-state index in [1.807, 2.05) is 23.6 Å². The van der Waals surface area contributed by atoms with E-state index in [0.717, 1.165) is 9.35 Å². The van der Waals surface area contributed by atoms with Gasteiger partial charge < -0.3 is 10.8 Å². The third-order valence-corrected chi connectivity index (χ3v) is 4.56. The van der Waals surface area contributed by atoms with Crippen LogP contribution in [0.1, 0.15) is 16.5 Å². The lowest BCUT2D eigenvalue weighted by Gasteiger charge is -2.15. The molecule has 0 radical (unpaired) electrons. The molecule has 0 aliphatic carbocycles. The first kappa shape index (κ1) is 15.0. The molecule has 1 aromatic carbocycles. The zero-order valence-corrected chi connectivity index (χ0v) is 13.4. The summed E-state index contributed by atoms with van der Waals surface area (Å²) in [6.07, 6.45) is 0. The van der Waals surface area contributed by atoms with Crippen LogP contribution >= 0.6 is 55.6 Å². The standard InChI is InChI=1S/C11H9Br2NOS.ClH/c12-6-3-4-7(13)11(15)9(6)10(14)8-2-1-5-16-8;/h1-5,10,15H,14H2;1H/t10-;/m1./s1. The lowest BCUT2D eigenvalue weighted by atomic mass is 10.1. The fraction of sp³-hybridized carbons (Fsp3) is 0.0909. The Morgan fingerprint density at radius 3 is 2.41 bits per heavy atom. The minimum Gasteiger partial charge on any atom is -0.506 e. The van der Waals surface area contributed by atoms with E-state index in [0.29, 0.717) is 10.0 Å². The molecule has 0 aliphatic rings. The minimum atomic E-state index is -0.313. The Morgan fingerprint density at radius 2 is 1.82 bits per heavy atom. The van der Waals surface area contributed by atoms with Crippen LogP contribution in [0.5, 0.6) is 5.75 Å². The maximum atomic E-state index is 10.00. The van der Waals surface area contributed by atoms with Gasteiger partial charge in [0.1, 0.15) is 5.75 Å². The van der Waals surface area contributed by atoms with E-state index in [1.54, 1.807) is 17.4 Å². The van der Waals surface area contributed by atoms with Crippen LogP contribution in [-0.4, -0.2) is 5.11 Å². The zero-order valence-electron chi connectivity index (χ0n) is 8.56. The predicted octanol–water partition coefficient (Wildman–Crippen LogP) is 4.45. The number of thiophene rings is 1. The van der Waals surface area contributed by atoms with E-state index in [1.165, 1.54) is 0 Å². The Labute approximate surface area is 127 Å². The molecular formula is C11H10Br2ClNOS. The van der Waals surface area contributed by atoms with Crippen molar-refractivity contribution in [3.05, 3.63) is 49.0 Å². The molecule has 2 aromatic rings. The van der Waals surface area contributed by atoms with Crippen molar-refractivity contribution in [2.75, 3.05) is 0 Å². The molecule has 0 unspecified atom stereocenters. The first-order chi connectivity index (χ1) is 7.61. The number of aromatic hydroxyl groups is 1. The molecule has 2 nitrogen and oxygen atoms in total. The van der Waals surface area contributed by atoms with Crippen LogP contribution in [0.4, 0.5) is 0 Å². The summed E-state index contributed by atoms with van der Waals surface area (Å²) in [6, 6.07) is 7.24. The number of phenolic OH excluding ortho intramolecular Hbond substituents is 1. The number of hydrogen-bond acceptors (Lipinski definition) is 3. The SMILES string of the molecule is Cl.N[C@H](c1cccs1)c1c(Br)ccc(Br)c1O. The summed E-state index contributed by atoms with van der Waals surface area (Å²) >= 11 is 8.28. The Kier molecular flexibility index (Phi) is 5.47. The number of halogens is 3. The van der Waals surface area contributed by atoms with Crippen LogP contribution < -0.4 is 5.73 Å². The molecule has 1 atom stereocenters. The highest BCUT2D eigenvalue weighted by molar-refractivity contribution is 9.11. The van der Waals surface area contributed by atoms with Gasteiger partial charge in [0.15, 0.2) is 0 Å². The van der Waals surface area contributed by atoms with E-state index in [-0.39, 0.29) is 24.2 Å². The van der Waals surface area contributed by atoms with Gasteiger partial charge in [-0.3, -0.25) is 0 Å². The third-order valence-electron chi connectivity index (χ3n) is 2.28. The molecule has 0 spiro atoms. The van der Waals surface area contributed by atoms with Crippen molar-refractivity contribution >= 4 is 55.6 Å². The molecule has 3 N–H and O–H groups in total. The van der Waals surface area contributed by atoms with Crippen molar-refractivity contribution in [2.45, 2.75) is 6.04 Å². The number of benzene rings is 1. The topological polar surface area (TPSA) is 46.2 Å². The summed E-state index contributed by atoms with van der Waals surface area (Å²) in [4.78, 5) is 1.02. The van der Waals surface area contributed by atoms with E-state index in [9.17, 15) is 5.11 Å². The molecule has 0 saturated heterocycles. The van der Waals surface area contributed by atoms with Crippen molar-refractivity contribution in [1.29, 1.82) is 0 Å². The van der Waals surface area contributed by atoms with Gasteiger partial charge in [-0.05, 0) is 39.5 Å². The summed E-state index contributed by atoms with van der Waals surface area (Å²) in [5.41, 5.74) is 6.84. The highest BCUT2D eigenvalue weighted by Crippen LogP contribution is 2.39. The molecule has 0 fully saturated rings. The normalized spacial score (nSPS) is 11.9. The molecule has 0 bridgehead atoms. The smallest absolute Gasteiger partial charge is 0.136 e. The fourth-order valence-electron chi connectivity index (χ4n) is 1.46. The second kappa shape index (κ2) is 6.20. The zero-order chi connectivity index (χ0) is 11.7. The van der Waals surface area contributed by atoms with Gasteiger partial charge >= 0.3 is 0 Å². The van der Waals surface area contributed by atoms with Gasteiger partial charge in [-0.1, -0.05) is 22.0 Å². The number of nitrogens with two attached hydrogens (primary N) is 1. The van der Waals surface area contributed by atoms with Crippen molar-refractivity contribution in [2.24, 2.45) is 5.73 Å². The monoisotopic (exact) mass is 397 g/mol. The lowest BCUT2D eigenvalue weighted by molar-refractivity contribution is 0.461. The maximum absolute atomic E-state index is 10.00. The molecule has 0 aliphatic heterocycles. The van der Waals surface area contributed by atoms with Gasteiger partial charge in [0.25, 0.3) is 0 Å². The fourth-order valence-corrected chi connectivity index (χ4v) is 3.11. The molecule has 1 heterocycles. The van der Waals surface area contributed by atoms with Crippen molar-refractivity contribution < 1.29 is 5.11 Å². The van der Waals surface area contributed by atoms with Gasteiger partial charge in [0.05, 0.1) is 10.5 Å². The second-order valence-electron chi connectivity index (χ2n) is 3.28. The molecule has 0 amide bonds. The maximum Gasteiger partial charge on any atom is 0.136 e. The number of hydrogen-bond donors (Lipinski definition) is 2. The summed E-state index contributed by atoms with van der Waals surface area (Å²) in [5.74, 6) is 0.190. The Hall–Kier alpha value is -0.0700. The highest BCUT2D eigenvalue weighted by Gasteiger charge is 2.19. The third kappa shape index (κ3) is 3.03. The average molecular weight is 400 g/mol. The van der Waals surface area contributed by atoms with Crippen LogP contribution in [0.3, 0.4) is 0 Å². The van der Waals surface area contributed by atoms with Gasteiger partial charge in [-0.15, -0.1) is 23.7 Å². The quantitative estimate of drug-likeness (QED) is 0.784. The van der Waals surface area contributed by atoms with Crippen LogP contribution in [0.15, 0.2) is 38.6 Å². The number of phenols is 1. The molecule has 17 heavy (non-hydrogen) atoms. The van der Waals surface area contributed by atoms with Gasteiger partial charge in [-0.2, -0.15) is 0 Å². The van der Waals surface area contributed by atoms with Crippen LogP contribution in [0, 0.1) is 0 Å². The first-order valence-electron chi connectivity index (χ1n) is 4.57. The Balaban J connectivity index is 0.00000144. The van der Waals surface area contributed by atoms with Crippen molar-refractivity contribution in [3.63, 3.8) is 0 Å². The van der Waals surface area contributed by atoms with Crippen LogP contribution in [0.25, 0.3) is 0 Å². The van der Waals surface area contributed by atoms with Gasteiger partial charge in [0.2, 0.25) is 0 Å². The van der Waals surface area contributed by atoms with E-state index in [2.05, 4.69) is 31.9 Å². The minimum absolute atomic E-state index is 0. The van der Waals surface area contributed by atoms with Gasteiger partial charge in [0, 0.05) is 14.9 Å². The molecular weight excluding hydrogens is 389 g/mol. The molecule has 92 valence electrons. The summed E-state index contributed by atoms with van der Waals surface area (Å²) < 4.78 is 1.46. The summed E-state index contributed by atoms with van der Waals surface area (Å²) in [6.45, 7) is 0. The average Bonchev–Trinajstić information content (AvgIpc) is 2.77. The molecule has 0 saturated carbocycles. The summed E-state index contributed by atoms with van der Waals surface area (Å²) in [7, 11) is 0. The molecule has 2 rings (SSSR count). The second-order valence-corrected chi connectivity index (χ2v) is 5.97. The van der Waals surface area contributed by atoms with E-state index >= 15 is 0 Å². The highest BCUT2D eigenvalue weighted by atomic mass is 79.9.